The third-order valence-corrected chi connectivity index (χ3v) is 2.31. The van der Waals surface area contributed by atoms with E-state index < -0.39 is 0 Å². The van der Waals surface area contributed by atoms with Crippen LogP contribution in [0.25, 0.3) is 0 Å². The van der Waals surface area contributed by atoms with Crippen molar-refractivity contribution in [3.05, 3.63) is 48.0 Å². The summed E-state index contributed by atoms with van der Waals surface area (Å²) in [5.41, 5.74) is 2.27. The van der Waals surface area contributed by atoms with Gasteiger partial charge in [-0.25, -0.2) is 4.79 Å². The third-order valence-electron chi connectivity index (χ3n) is 2.31. The fraction of sp³-hybridized carbons (Fsp3) is 0.308. The van der Waals surface area contributed by atoms with Crippen LogP contribution in [-0.2, 0) is 11.2 Å². The van der Waals surface area contributed by atoms with E-state index in [1.165, 1.54) is 5.56 Å². The monoisotopic (exact) mass is 201 g/mol. The maximum absolute atomic E-state index is 10.3. The molecule has 2 nitrogen and oxygen atoms in total. The van der Waals surface area contributed by atoms with Gasteiger partial charge in [-0.15, -0.1) is 6.58 Å². The smallest absolute Gasteiger partial charge is 0.211 e. The highest BCUT2D eigenvalue weighted by Gasteiger charge is 2.07. The molecule has 1 aromatic rings. The van der Waals surface area contributed by atoms with Gasteiger partial charge in [0.2, 0.25) is 6.08 Å². The highest BCUT2D eigenvalue weighted by molar-refractivity contribution is 5.36. The van der Waals surface area contributed by atoms with Crippen molar-refractivity contribution in [1.82, 2.24) is 0 Å². The summed E-state index contributed by atoms with van der Waals surface area (Å²) in [7, 11) is 0. The Bertz CT molecular complexity index is 378. The fourth-order valence-corrected chi connectivity index (χ4v) is 1.56. The van der Waals surface area contributed by atoms with E-state index in [0.717, 1.165) is 18.4 Å². The maximum atomic E-state index is 10.3. The SMILES string of the molecule is C=CCc1cccc(C(CC)N=C=O)c1. The van der Waals surface area contributed by atoms with Crippen LogP contribution < -0.4 is 0 Å². The Morgan fingerprint density at radius 1 is 1.60 bits per heavy atom. The first-order chi connectivity index (χ1) is 7.31. The minimum absolute atomic E-state index is 0.0627. The standard InChI is InChI=1S/C13H15NO/c1-3-6-11-7-5-8-12(9-11)13(4-2)14-10-15/h3,5,7-9,13H,1,4,6H2,2H3. The van der Waals surface area contributed by atoms with Crippen LogP contribution in [0.4, 0.5) is 0 Å². The van der Waals surface area contributed by atoms with Gasteiger partial charge in [0.25, 0.3) is 0 Å². The summed E-state index contributed by atoms with van der Waals surface area (Å²) in [6.07, 6.45) is 5.14. The van der Waals surface area contributed by atoms with Crippen molar-refractivity contribution in [3.8, 4) is 0 Å². The molecule has 1 unspecified atom stereocenters. The Morgan fingerprint density at radius 3 is 3.00 bits per heavy atom. The number of allylic oxidation sites excluding steroid dienone is 1. The van der Waals surface area contributed by atoms with Gasteiger partial charge in [0, 0.05) is 0 Å². The Balaban J connectivity index is 2.96. The number of rotatable bonds is 5. The molecule has 0 saturated heterocycles. The molecule has 0 amide bonds. The summed E-state index contributed by atoms with van der Waals surface area (Å²) < 4.78 is 0. The van der Waals surface area contributed by atoms with E-state index >= 15 is 0 Å². The van der Waals surface area contributed by atoms with Crippen molar-refractivity contribution in [2.45, 2.75) is 25.8 Å². The lowest BCUT2D eigenvalue weighted by molar-refractivity contribution is 0.556. The number of benzene rings is 1. The van der Waals surface area contributed by atoms with Crippen molar-refractivity contribution in [2.24, 2.45) is 4.99 Å². The zero-order valence-corrected chi connectivity index (χ0v) is 8.94. The molecule has 15 heavy (non-hydrogen) atoms. The highest BCUT2D eigenvalue weighted by Crippen LogP contribution is 2.21. The number of nitrogens with zero attached hydrogens (tertiary/aromatic N) is 1. The Kier molecular flexibility index (Phi) is 4.52. The van der Waals surface area contributed by atoms with E-state index in [9.17, 15) is 4.79 Å². The Morgan fingerprint density at radius 2 is 2.40 bits per heavy atom. The minimum Gasteiger partial charge on any atom is -0.211 e. The third kappa shape index (κ3) is 3.19. The summed E-state index contributed by atoms with van der Waals surface area (Å²) in [6, 6.07) is 8.02. The number of hydrogen-bond acceptors (Lipinski definition) is 2. The second-order valence-electron chi connectivity index (χ2n) is 3.38. The zero-order chi connectivity index (χ0) is 11.1. The summed E-state index contributed by atoms with van der Waals surface area (Å²) in [5.74, 6) is 0. The second-order valence-corrected chi connectivity index (χ2v) is 3.38. The van der Waals surface area contributed by atoms with Gasteiger partial charge >= 0.3 is 0 Å². The van der Waals surface area contributed by atoms with Gasteiger partial charge in [-0.1, -0.05) is 37.3 Å². The van der Waals surface area contributed by atoms with E-state index in [1.807, 2.05) is 31.2 Å². The first kappa shape index (κ1) is 11.4. The van der Waals surface area contributed by atoms with Crippen LogP contribution in [0.5, 0.6) is 0 Å². The predicted octanol–water partition coefficient (Wildman–Crippen LogP) is 3.20. The lowest BCUT2D eigenvalue weighted by Crippen LogP contribution is -1.94. The summed E-state index contributed by atoms with van der Waals surface area (Å²) >= 11 is 0. The van der Waals surface area contributed by atoms with Crippen molar-refractivity contribution >= 4 is 6.08 Å². The Hall–Kier alpha value is -1.66. The second kappa shape index (κ2) is 5.94. The molecule has 1 atom stereocenters. The number of isocyanates is 1. The van der Waals surface area contributed by atoms with Gasteiger partial charge in [-0.3, -0.25) is 0 Å². The lowest BCUT2D eigenvalue weighted by Gasteiger charge is -2.09. The molecule has 0 aliphatic heterocycles. The van der Waals surface area contributed by atoms with Gasteiger partial charge in [-0.2, -0.15) is 4.99 Å². The molecular formula is C13H15NO. The van der Waals surface area contributed by atoms with E-state index in [-0.39, 0.29) is 6.04 Å². The van der Waals surface area contributed by atoms with Gasteiger partial charge in [0.15, 0.2) is 0 Å². The molecule has 0 radical (unpaired) electrons. The average molecular weight is 201 g/mol. The molecule has 0 aliphatic carbocycles. The number of carbonyl (C=O) groups excluding carboxylic acids is 1. The van der Waals surface area contributed by atoms with Crippen LogP contribution in [0.15, 0.2) is 41.9 Å². The van der Waals surface area contributed by atoms with Crippen LogP contribution in [0.2, 0.25) is 0 Å². The average Bonchev–Trinajstić information content (AvgIpc) is 2.27. The lowest BCUT2D eigenvalue weighted by atomic mass is 10.0. The molecule has 0 aromatic heterocycles. The Labute approximate surface area is 90.4 Å². The fourth-order valence-electron chi connectivity index (χ4n) is 1.56. The van der Waals surface area contributed by atoms with Gasteiger partial charge < -0.3 is 0 Å². The molecule has 0 N–H and O–H groups in total. The van der Waals surface area contributed by atoms with Gasteiger partial charge in [-0.05, 0) is 24.0 Å². The first-order valence-electron chi connectivity index (χ1n) is 5.08. The summed E-state index contributed by atoms with van der Waals surface area (Å²) in [6.45, 7) is 5.71. The highest BCUT2D eigenvalue weighted by atomic mass is 16.1. The van der Waals surface area contributed by atoms with E-state index in [2.05, 4.69) is 17.6 Å². The number of aliphatic imine (C=N–C) groups is 1. The van der Waals surface area contributed by atoms with Crippen LogP contribution in [0, 0.1) is 0 Å². The topological polar surface area (TPSA) is 29.4 Å². The molecule has 0 bridgehead atoms. The molecular weight excluding hydrogens is 186 g/mol. The molecule has 0 heterocycles. The van der Waals surface area contributed by atoms with Crippen molar-refractivity contribution in [1.29, 1.82) is 0 Å². The van der Waals surface area contributed by atoms with Crippen molar-refractivity contribution in [3.63, 3.8) is 0 Å². The summed E-state index contributed by atoms with van der Waals surface area (Å²) in [4.78, 5) is 14.0. The largest absolute Gasteiger partial charge is 0.235 e. The minimum atomic E-state index is -0.0627. The van der Waals surface area contributed by atoms with Crippen molar-refractivity contribution < 1.29 is 4.79 Å². The molecule has 2 heteroatoms. The molecule has 0 saturated carbocycles. The van der Waals surface area contributed by atoms with Crippen LogP contribution in [-0.4, -0.2) is 6.08 Å². The quantitative estimate of drug-likeness (QED) is 0.408. The molecule has 0 aliphatic rings. The van der Waals surface area contributed by atoms with Crippen molar-refractivity contribution in [2.75, 3.05) is 0 Å². The van der Waals surface area contributed by atoms with Gasteiger partial charge in [0.1, 0.15) is 0 Å². The predicted molar refractivity (Wildman–Crippen MR) is 61.5 cm³/mol. The molecule has 0 spiro atoms. The molecule has 78 valence electrons. The van der Waals surface area contributed by atoms with Crippen LogP contribution in [0.1, 0.15) is 30.5 Å². The zero-order valence-electron chi connectivity index (χ0n) is 8.94. The normalized spacial score (nSPS) is 11.5. The van der Waals surface area contributed by atoms with Crippen LogP contribution >= 0.6 is 0 Å². The van der Waals surface area contributed by atoms with E-state index in [1.54, 1.807) is 6.08 Å². The number of hydrogen-bond donors (Lipinski definition) is 0. The van der Waals surface area contributed by atoms with E-state index in [4.69, 9.17) is 0 Å². The first-order valence-corrected chi connectivity index (χ1v) is 5.08. The molecule has 0 fully saturated rings. The maximum Gasteiger partial charge on any atom is 0.235 e. The van der Waals surface area contributed by atoms with Gasteiger partial charge in [0.05, 0.1) is 6.04 Å². The molecule has 1 aromatic carbocycles. The van der Waals surface area contributed by atoms with Crippen LogP contribution in [0.3, 0.4) is 0 Å². The van der Waals surface area contributed by atoms with E-state index in [0.29, 0.717) is 0 Å². The molecule has 1 rings (SSSR count). The summed E-state index contributed by atoms with van der Waals surface area (Å²) in [5, 5.41) is 0.